The van der Waals surface area contributed by atoms with Gasteiger partial charge in [-0.15, -0.1) is 0 Å². The van der Waals surface area contributed by atoms with E-state index in [1.165, 1.54) is 12.1 Å². The number of hydrogen-bond donors (Lipinski definition) is 2. The average Bonchev–Trinajstić information content (AvgIpc) is 2.20. The van der Waals surface area contributed by atoms with Gasteiger partial charge in [-0.2, -0.15) is 0 Å². The van der Waals surface area contributed by atoms with Crippen molar-refractivity contribution in [1.82, 2.24) is 0 Å². The highest BCUT2D eigenvalue weighted by atomic mass is 79.9. The van der Waals surface area contributed by atoms with Gasteiger partial charge in [0.25, 0.3) is 0 Å². The Bertz CT molecular complexity index is 511. The number of hydrogen-bond acceptors (Lipinski definition) is 2. The highest BCUT2D eigenvalue weighted by molar-refractivity contribution is 9.10. The van der Waals surface area contributed by atoms with Crippen LogP contribution in [0.2, 0.25) is 0 Å². The molecule has 0 bridgehead atoms. The van der Waals surface area contributed by atoms with Gasteiger partial charge in [-0.1, -0.05) is 20.8 Å². The zero-order valence-corrected chi connectivity index (χ0v) is 12.4. The topological polar surface area (TPSA) is 66.4 Å². The van der Waals surface area contributed by atoms with E-state index < -0.39 is 29.0 Å². The number of nitrogens with one attached hydrogen (secondary N) is 1. The number of amides is 1. The number of halogens is 2. The maximum Gasteiger partial charge on any atom is 0.316 e. The predicted molar refractivity (Wildman–Crippen MR) is 73.3 cm³/mol. The van der Waals surface area contributed by atoms with Crippen molar-refractivity contribution in [3.05, 3.63) is 28.5 Å². The maximum atomic E-state index is 13.3. The summed E-state index contributed by atoms with van der Waals surface area (Å²) in [4.78, 5) is 23.1. The van der Waals surface area contributed by atoms with Crippen LogP contribution in [0.25, 0.3) is 0 Å². The number of benzene rings is 1. The molecule has 0 spiro atoms. The number of carbonyl (C=O) groups excluding carboxylic acids is 1. The molecule has 0 aromatic heterocycles. The van der Waals surface area contributed by atoms with E-state index >= 15 is 0 Å². The molecule has 1 rings (SSSR count). The summed E-state index contributed by atoms with van der Waals surface area (Å²) in [6.45, 7) is 4.98. The van der Waals surface area contributed by atoms with E-state index in [9.17, 15) is 14.0 Å². The van der Waals surface area contributed by atoms with Crippen molar-refractivity contribution in [3.63, 3.8) is 0 Å². The van der Waals surface area contributed by atoms with Gasteiger partial charge < -0.3 is 10.4 Å². The molecule has 0 heterocycles. The molecule has 0 radical (unpaired) electrons. The lowest BCUT2D eigenvalue weighted by atomic mass is 9.80. The number of anilines is 1. The Balaban J connectivity index is 2.94. The lowest BCUT2D eigenvalue weighted by molar-refractivity contribution is -0.149. The van der Waals surface area contributed by atoms with Gasteiger partial charge >= 0.3 is 5.97 Å². The third-order valence-electron chi connectivity index (χ3n) is 2.56. The van der Waals surface area contributed by atoms with Crippen molar-refractivity contribution >= 4 is 33.5 Å². The minimum Gasteiger partial charge on any atom is -0.481 e. The van der Waals surface area contributed by atoms with Crippen molar-refractivity contribution in [1.29, 1.82) is 0 Å². The SMILES string of the molecule is CC(C)(C)C(C(=O)O)C(=O)Nc1ccc(Br)c(F)c1. The quantitative estimate of drug-likeness (QED) is 0.835. The molecule has 1 aromatic carbocycles. The van der Waals surface area contributed by atoms with Crippen LogP contribution in [0.1, 0.15) is 20.8 Å². The van der Waals surface area contributed by atoms with Crippen molar-refractivity contribution < 1.29 is 19.1 Å². The smallest absolute Gasteiger partial charge is 0.316 e. The molecule has 1 aromatic rings. The highest BCUT2D eigenvalue weighted by Crippen LogP contribution is 2.28. The summed E-state index contributed by atoms with van der Waals surface area (Å²) < 4.78 is 13.6. The van der Waals surface area contributed by atoms with Gasteiger partial charge in [0.1, 0.15) is 11.7 Å². The average molecular weight is 332 g/mol. The summed E-state index contributed by atoms with van der Waals surface area (Å²) in [7, 11) is 0. The zero-order chi connectivity index (χ0) is 14.8. The molecule has 6 heteroatoms. The normalized spacial score (nSPS) is 12.9. The van der Waals surface area contributed by atoms with E-state index in [2.05, 4.69) is 21.2 Å². The van der Waals surface area contributed by atoms with E-state index in [0.717, 1.165) is 6.07 Å². The summed E-state index contributed by atoms with van der Waals surface area (Å²) in [5, 5.41) is 11.5. The second-order valence-electron chi connectivity index (χ2n) is 5.26. The largest absolute Gasteiger partial charge is 0.481 e. The van der Waals surface area contributed by atoms with Crippen LogP contribution in [-0.4, -0.2) is 17.0 Å². The molecule has 0 aliphatic rings. The molecular formula is C13H15BrFNO3. The minimum atomic E-state index is -1.21. The summed E-state index contributed by atoms with van der Waals surface area (Å²) in [5.74, 6) is -3.61. The maximum absolute atomic E-state index is 13.3. The number of carboxylic acids is 1. The van der Waals surface area contributed by atoms with Gasteiger partial charge in [0.2, 0.25) is 5.91 Å². The third-order valence-corrected chi connectivity index (χ3v) is 3.21. The molecule has 1 unspecified atom stereocenters. The Morgan fingerprint density at radius 1 is 1.37 bits per heavy atom. The van der Waals surface area contributed by atoms with Crippen molar-refractivity contribution in [2.24, 2.45) is 11.3 Å². The van der Waals surface area contributed by atoms with E-state index in [-0.39, 0.29) is 10.2 Å². The predicted octanol–water partition coefficient (Wildman–Crippen LogP) is 3.27. The van der Waals surface area contributed by atoms with Crippen molar-refractivity contribution in [3.8, 4) is 0 Å². The van der Waals surface area contributed by atoms with Crippen molar-refractivity contribution in [2.45, 2.75) is 20.8 Å². The van der Waals surface area contributed by atoms with Gasteiger partial charge in [-0.25, -0.2) is 4.39 Å². The Labute approximate surface area is 119 Å². The lowest BCUT2D eigenvalue weighted by Gasteiger charge is -2.25. The number of rotatable bonds is 3. The fraction of sp³-hybridized carbons (Fsp3) is 0.385. The van der Waals surface area contributed by atoms with Gasteiger partial charge in [0, 0.05) is 5.69 Å². The molecule has 0 aliphatic carbocycles. The molecule has 104 valence electrons. The monoisotopic (exact) mass is 331 g/mol. The summed E-state index contributed by atoms with van der Waals surface area (Å²) in [6.07, 6.45) is 0. The molecule has 19 heavy (non-hydrogen) atoms. The van der Waals surface area contributed by atoms with E-state index in [1.54, 1.807) is 20.8 Å². The highest BCUT2D eigenvalue weighted by Gasteiger charge is 2.37. The van der Waals surface area contributed by atoms with Crippen LogP contribution in [0, 0.1) is 17.2 Å². The summed E-state index contributed by atoms with van der Waals surface area (Å²) in [5.41, 5.74) is -0.509. The number of aliphatic carboxylic acids is 1. The lowest BCUT2D eigenvalue weighted by Crippen LogP contribution is -2.39. The van der Waals surface area contributed by atoms with Crippen LogP contribution >= 0.6 is 15.9 Å². The first-order chi connectivity index (χ1) is 8.62. The molecule has 0 aliphatic heterocycles. The number of carbonyl (C=O) groups is 2. The molecule has 1 amide bonds. The Kier molecular flexibility index (Phi) is 4.68. The molecule has 2 N–H and O–H groups in total. The molecule has 1 atom stereocenters. The van der Waals surface area contributed by atoms with E-state index in [0.29, 0.717) is 0 Å². The fourth-order valence-corrected chi connectivity index (χ4v) is 1.91. The first-order valence-electron chi connectivity index (χ1n) is 5.61. The van der Waals surface area contributed by atoms with Crippen LogP contribution < -0.4 is 5.32 Å². The Hall–Kier alpha value is -1.43. The molecular weight excluding hydrogens is 317 g/mol. The summed E-state index contributed by atoms with van der Waals surface area (Å²) in [6, 6.07) is 4.06. The Morgan fingerprint density at radius 3 is 2.37 bits per heavy atom. The molecule has 4 nitrogen and oxygen atoms in total. The van der Waals surface area contributed by atoms with E-state index in [4.69, 9.17) is 5.11 Å². The van der Waals surface area contributed by atoms with Gasteiger partial charge in [0.15, 0.2) is 0 Å². The van der Waals surface area contributed by atoms with Gasteiger partial charge in [-0.05, 0) is 39.5 Å². The van der Waals surface area contributed by atoms with Gasteiger partial charge in [0.05, 0.1) is 4.47 Å². The zero-order valence-electron chi connectivity index (χ0n) is 10.8. The van der Waals surface area contributed by atoms with Crippen LogP contribution in [0.15, 0.2) is 22.7 Å². The standard InChI is InChI=1S/C13H15BrFNO3/c1-13(2,3)10(12(18)19)11(17)16-7-4-5-8(14)9(15)6-7/h4-6,10H,1-3H3,(H,16,17)(H,18,19). The minimum absolute atomic E-state index is 0.223. The van der Waals surface area contributed by atoms with Crippen LogP contribution in [0.4, 0.5) is 10.1 Å². The van der Waals surface area contributed by atoms with Gasteiger partial charge in [-0.3, -0.25) is 9.59 Å². The molecule has 0 saturated carbocycles. The van der Waals surface area contributed by atoms with Crippen molar-refractivity contribution in [2.75, 3.05) is 5.32 Å². The third kappa shape index (κ3) is 4.02. The van der Waals surface area contributed by atoms with E-state index in [1.807, 2.05) is 0 Å². The number of carboxylic acid groups (broad SMARTS) is 1. The molecule has 0 saturated heterocycles. The summed E-state index contributed by atoms with van der Waals surface area (Å²) >= 11 is 3.00. The Morgan fingerprint density at radius 2 is 1.95 bits per heavy atom. The fourth-order valence-electron chi connectivity index (χ4n) is 1.66. The first kappa shape index (κ1) is 15.6. The second-order valence-corrected chi connectivity index (χ2v) is 6.11. The second kappa shape index (κ2) is 5.69. The van der Waals surface area contributed by atoms with Crippen LogP contribution in [0.5, 0.6) is 0 Å². The van der Waals surface area contributed by atoms with Crippen LogP contribution in [-0.2, 0) is 9.59 Å². The first-order valence-corrected chi connectivity index (χ1v) is 6.41. The van der Waals surface area contributed by atoms with Crippen LogP contribution in [0.3, 0.4) is 0 Å². The molecule has 0 fully saturated rings.